The molecule has 15 heteroatoms. The molecule has 2 amide bonds. The lowest BCUT2D eigenvalue weighted by atomic mass is 9.78. The number of esters is 1. The van der Waals surface area contributed by atoms with Crippen LogP contribution in [-0.2, 0) is 28.6 Å². The number of methoxy groups -OCH3 is 1. The molecule has 3 aliphatic heterocycles. The van der Waals surface area contributed by atoms with Crippen LogP contribution in [0.5, 0.6) is 23.0 Å². The molecule has 0 fully saturated rings. The van der Waals surface area contributed by atoms with Gasteiger partial charge in [0.05, 0.1) is 41.2 Å². The first-order chi connectivity index (χ1) is 26.9. The van der Waals surface area contributed by atoms with Crippen molar-refractivity contribution < 1.29 is 63.3 Å². The number of carbonyl (C=O) groups is 4. The maximum absolute atomic E-state index is 14.4. The summed E-state index contributed by atoms with van der Waals surface area (Å²) in [6, 6.07) is 1.25. The first kappa shape index (κ1) is 45.6. The third kappa shape index (κ3) is 9.59. The lowest BCUT2D eigenvalue weighted by Crippen LogP contribution is -2.46. The van der Waals surface area contributed by atoms with Crippen LogP contribution in [0.2, 0.25) is 0 Å². The van der Waals surface area contributed by atoms with E-state index in [0.717, 1.165) is 0 Å². The quantitative estimate of drug-likeness (QED) is 0.166. The fourth-order valence-electron chi connectivity index (χ4n) is 7.35. The minimum atomic E-state index is -2.03. The van der Waals surface area contributed by atoms with E-state index in [-0.39, 0.29) is 44.7 Å². The van der Waals surface area contributed by atoms with Crippen LogP contribution >= 0.6 is 0 Å². The van der Waals surface area contributed by atoms with Crippen molar-refractivity contribution in [1.29, 1.82) is 0 Å². The van der Waals surface area contributed by atoms with Gasteiger partial charge in [-0.3, -0.25) is 19.2 Å². The Hall–Kier alpha value is -5.12. The highest BCUT2D eigenvalue weighted by molar-refractivity contribution is 6.21. The summed E-state index contributed by atoms with van der Waals surface area (Å²) < 4.78 is 29.6. The third-order valence-electron chi connectivity index (χ3n) is 10.7. The Morgan fingerprint density at radius 2 is 1.62 bits per heavy atom. The first-order valence-corrected chi connectivity index (χ1v) is 19.2. The second-order valence-corrected chi connectivity index (χ2v) is 16.5. The lowest BCUT2D eigenvalue weighted by Gasteiger charge is -2.38. The predicted molar refractivity (Wildman–Crippen MR) is 216 cm³/mol. The highest BCUT2D eigenvalue weighted by atomic mass is 16.7. The molecule has 0 spiro atoms. The second-order valence-electron chi connectivity index (χ2n) is 16.5. The van der Waals surface area contributed by atoms with Gasteiger partial charge in [-0.2, -0.15) is 0 Å². The average Bonchev–Trinajstić information content (AvgIpc) is 3.41. The minimum Gasteiger partial charge on any atom is -0.507 e. The summed E-state index contributed by atoms with van der Waals surface area (Å²) in [5.74, 6) is -8.24. The number of benzene rings is 2. The molecule has 2 aromatic rings. The SMILES string of the molecule is CO[C@H]1/C=C/O[C@@]2(C)Oc3c(C)c(O)c4c(O)c(cc(OCC(=O)NC(C)(C)C)c4c3C2=O)NC(=O)/C(C)=C\C=C\[C@@H](C)[C@@H](O)[C@@H](C)[C@H](O)[C@@H](C)[C@H](OC(C)=O)[C@@H]1C. The molecule has 9 atom stereocenters. The van der Waals surface area contributed by atoms with E-state index in [4.69, 9.17) is 23.7 Å². The van der Waals surface area contributed by atoms with Gasteiger partial charge in [0.2, 0.25) is 0 Å². The van der Waals surface area contributed by atoms with Crippen LogP contribution in [0.25, 0.3) is 10.8 Å². The number of aliphatic hydroxyl groups excluding tert-OH is 2. The highest BCUT2D eigenvalue weighted by Crippen LogP contribution is 2.54. The molecule has 58 heavy (non-hydrogen) atoms. The van der Waals surface area contributed by atoms with Crippen LogP contribution in [0, 0.1) is 30.6 Å². The van der Waals surface area contributed by atoms with E-state index in [9.17, 15) is 39.6 Å². The van der Waals surface area contributed by atoms with Crippen molar-refractivity contribution in [1.82, 2.24) is 5.32 Å². The maximum Gasteiger partial charge on any atom is 0.312 e. The summed E-state index contributed by atoms with van der Waals surface area (Å²) in [5.41, 5.74) is -0.653. The summed E-state index contributed by atoms with van der Waals surface area (Å²) in [6.07, 6.45) is 3.56. The number of hydrogen-bond donors (Lipinski definition) is 6. The molecule has 6 N–H and O–H groups in total. The molecular formula is C43H58N2O13. The molecular weight excluding hydrogens is 752 g/mol. The van der Waals surface area contributed by atoms with Gasteiger partial charge in [-0.1, -0.05) is 45.9 Å². The van der Waals surface area contributed by atoms with Crippen molar-refractivity contribution in [2.24, 2.45) is 23.7 Å². The van der Waals surface area contributed by atoms with E-state index in [1.165, 1.54) is 59.3 Å². The number of aliphatic hydroxyl groups is 2. The molecule has 0 radical (unpaired) electrons. The molecule has 0 saturated carbocycles. The van der Waals surface area contributed by atoms with Gasteiger partial charge in [0.15, 0.2) is 12.4 Å². The zero-order valence-corrected chi connectivity index (χ0v) is 35.3. The Morgan fingerprint density at radius 1 is 0.966 bits per heavy atom. The number of fused-ring (bicyclic) bond motifs is 14. The Balaban J connectivity index is 1.93. The summed E-state index contributed by atoms with van der Waals surface area (Å²) in [6.45, 7) is 17.3. The van der Waals surface area contributed by atoms with Crippen molar-refractivity contribution in [3.63, 3.8) is 0 Å². The van der Waals surface area contributed by atoms with Crippen LogP contribution in [0.4, 0.5) is 5.69 Å². The Labute approximate surface area is 339 Å². The number of ketones is 1. The second kappa shape index (κ2) is 17.8. The van der Waals surface area contributed by atoms with Crippen LogP contribution in [0.15, 0.2) is 42.2 Å². The Morgan fingerprint density at radius 3 is 2.22 bits per heavy atom. The fraction of sp³-hybridized carbons (Fsp3) is 0.535. The van der Waals surface area contributed by atoms with E-state index in [2.05, 4.69) is 10.6 Å². The summed E-state index contributed by atoms with van der Waals surface area (Å²) in [4.78, 5) is 53.2. The molecule has 5 rings (SSSR count). The fourth-order valence-corrected chi connectivity index (χ4v) is 7.35. The van der Waals surface area contributed by atoms with Crippen LogP contribution in [0.1, 0.15) is 85.2 Å². The van der Waals surface area contributed by atoms with Crippen molar-refractivity contribution in [3.05, 3.63) is 53.3 Å². The van der Waals surface area contributed by atoms with Crippen molar-refractivity contribution >= 4 is 40.0 Å². The lowest BCUT2D eigenvalue weighted by molar-refractivity contribution is -0.160. The normalized spacial score (nSPS) is 30.4. The number of phenolic OH excluding ortho intramolecular Hbond substituents is 2. The Bertz CT molecular complexity index is 2010. The number of Topliss-reactive ketones (excluding diaryl/α,β-unsaturated/α-hetero) is 1. The van der Waals surface area contributed by atoms with Gasteiger partial charge in [0.25, 0.3) is 17.6 Å². The summed E-state index contributed by atoms with van der Waals surface area (Å²) in [7, 11) is 1.43. The maximum atomic E-state index is 14.4. The largest absolute Gasteiger partial charge is 0.507 e. The smallest absolute Gasteiger partial charge is 0.312 e. The molecule has 0 unspecified atom stereocenters. The standard InChI is InChI=1S/C43H58N2O13/c1-20-14-13-15-21(2)41(53)44-27-18-29(55-19-30(47)45-42(8,9)10)31-32(37(27)51)36(50)25(6)39-33(31)40(52)43(11,58-39)56-17-16-28(54-12)22(3)38(57-26(7)46)24(5)35(49)23(4)34(20)48/h13-18,20,22-24,28,34-35,38,48-51H,19H2,1-12H3,(H,44,53)(H,45,47)/b14-13+,17-16+,21-15-/t20-,22-,23-,24-,28+,34-,35+,38-,43+/m1/s1. The molecule has 318 valence electrons. The van der Waals surface area contributed by atoms with E-state index in [0.29, 0.717) is 0 Å². The van der Waals surface area contributed by atoms with E-state index >= 15 is 0 Å². The third-order valence-corrected chi connectivity index (χ3v) is 10.7. The molecule has 5 bridgehead atoms. The number of aromatic hydroxyl groups is 2. The van der Waals surface area contributed by atoms with Crippen LogP contribution in [0.3, 0.4) is 0 Å². The van der Waals surface area contributed by atoms with Gasteiger partial charge >= 0.3 is 11.8 Å². The molecule has 0 aromatic heterocycles. The number of nitrogens with one attached hydrogen (secondary N) is 2. The van der Waals surface area contributed by atoms with Gasteiger partial charge in [-0.15, -0.1) is 0 Å². The van der Waals surface area contributed by atoms with E-state index < -0.39 is 101 Å². The van der Waals surface area contributed by atoms with Gasteiger partial charge < -0.3 is 54.7 Å². The number of hydrogen-bond acceptors (Lipinski definition) is 13. The molecule has 2 aromatic carbocycles. The molecule has 0 saturated heterocycles. The number of carbonyl (C=O) groups excluding carboxylic acids is 4. The van der Waals surface area contributed by atoms with Crippen LogP contribution in [-0.4, -0.2) is 93.5 Å². The predicted octanol–water partition coefficient (Wildman–Crippen LogP) is 5.34. The zero-order valence-electron chi connectivity index (χ0n) is 35.3. The average molecular weight is 811 g/mol. The number of phenols is 2. The Kier molecular flexibility index (Phi) is 14.0. The number of rotatable bonds is 5. The number of allylic oxidation sites excluding steroid dienone is 2. The number of amides is 2. The van der Waals surface area contributed by atoms with Crippen molar-refractivity contribution in [2.45, 2.75) is 112 Å². The topological polar surface area (TPSA) is 219 Å². The number of anilines is 1. The minimum absolute atomic E-state index is 0.0675. The first-order valence-electron chi connectivity index (χ1n) is 19.2. The van der Waals surface area contributed by atoms with E-state index in [1.54, 1.807) is 60.6 Å². The van der Waals surface area contributed by atoms with Crippen molar-refractivity contribution in [2.75, 3.05) is 19.0 Å². The van der Waals surface area contributed by atoms with Crippen molar-refractivity contribution in [3.8, 4) is 23.0 Å². The van der Waals surface area contributed by atoms with Gasteiger partial charge in [0, 0.05) is 72.8 Å². The van der Waals surface area contributed by atoms with Crippen LogP contribution < -0.4 is 20.1 Å². The highest BCUT2D eigenvalue weighted by Gasteiger charge is 2.49. The van der Waals surface area contributed by atoms with Gasteiger partial charge in [0.1, 0.15) is 23.4 Å². The monoisotopic (exact) mass is 810 g/mol. The summed E-state index contributed by atoms with van der Waals surface area (Å²) >= 11 is 0. The number of ether oxygens (including phenoxy) is 5. The summed E-state index contributed by atoms with van der Waals surface area (Å²) in [5, 5.41) is 51.1. The van der Waals surface area contributed by atoms with Gasteiger partial charge in [-0.05, 0) is 40.7 Å². The molecule has 15 nitrogen and oxygen atoms in total. The van der Waals surface area contributed by atoms with E-state index in [1.807, 2.05) is 0 Å². The molecule has 0 aliphatic carbocycles. The van der Waals surface area contributed by atoms with Gasteiger partial charge in [-0.25, -0.2) is 0 Å². The molecule has 3 aliphatic rings. The zero-order chi connectivity index (χ0) is 43.6. The molecule has 3 heterocycles.